The van der Waals surface area contributed by atoms with Gasteiger partial charge in [-0.2, -0.15) is 5.10 Å². The minimum Gasteiger partial charge on any atom is -0.497 e. The highest BCUT2D eigenvalue weighted by molar-refractivity contribution is 6.01. The maximum Gasteiger partial charge on any atom is 0.254 e. The summed E-state index contributed by atoms with van der Waals surface area (Å²) in [5.74, 6) is 1.07. The molecule has 0 spiro atoms. The van der Waals surface area contributed by atoms with Crippen molar-refractivity contribution < 1.29 is 14.3 Å². The summed E-state index contributed by atoms with van der Waals surface area (Å²) in [6, 6.07) is 2.84. The first-order valence-corrected chi connectivity index (χ1v) is 6.24. The van der Waals surface area contributed by atoms with Crippen LogP contribution < -0.4 is 20.5 Å². The minimum absolute atomic E-state index is 0.251. The third-order valence-corrected chi connectivity index (χ3v) is 3.01. The zero-order valence-electron chi connectivity index (χ0n) is 12.0. The highest BCUT2D eigenvalue weighted by atomic mass is 16.5. The number of methoxy groups -OCH3 is 2. The lowest BCUT2D eigenvalue weighted by Gasteiger charge is -2.15. The Balaban J connectivity index is 2.26. The summed E-state index contributed by atoms with van der Waals surface area (Å²) in [4.78, 5) is 16.3. The number of nitrogens with two attached hydrogens (primary N) is 1. The lowest BCUT2D eigenvalue weighted by Crippen LogP contribution is -2.28. The van der Waals surface area contributed by atoms with Crippen molar-refractivity contribution in [3.63, 3.8) is 0 Å². The summed E-state index contributed by atoms with van der Waals surface area (Å²) in [5.41, 5.74) is 6.46. The number of hydrogen-bond donors (Lipinski definition) is 3. The Kier molecular flexibility index (Phi) is 4.27. The Hall–Kier alpha value is -2.77. The van der Waals surface area contributed by atoms with Crippen LogP contribution in [0.1, 0.15) is 29.1 Å². The highest BCUT2D eigenvalue weighted by Gasteiger charge is 2.19. The van der Waals surface area contributed by atoms with Crippen LogP contribution in [0, 0.1) is 0 Å². The molecule has 1 atom stereocenters. The molecule has 0 saturated carbocycles. The van der Waals surface area contributed by atoms with Crippen molar-refractivity contribution in [1.82, 2.24) is 20.5 Å². The Morgan fingerprint density at radius 3 is 2.71 bits per heavy atom. The number of nitrogen functional groups attached to an aromatic ring is 1. The van der Waals surface area contributed by atoms with Crippen LogP contribution in [0.2, 0.25) is 0 Å². The van der Waals surface area contributed by atoms with Crippen LogP contribution in [-0.4, -0.2) is 35.3 Å². The number of carbonyl (C=O) groups excluding carboxylic acids is 1. The molecule has 0 aliphatic carbocycles. The van der Waals surface area contributed by atoms with Gasteiger partial charge in [0.05, 0.1) is 31.5 Å². The van der Waals surface area contributed by atoms with E-state index in [2.05, 4.69) is 20.5 Å². The van der Waals surface area contributed by atoms with Crippen LogP contribution in [0.15, 0.2) is 18.5 Å². The number of nitrogens with zero attached hydrogens (tertiary/aromatic N) is 2. The summed E-state index contributed by atoms with van der Waals surface area (Å²) in [7, 11) is 2.98. The van der Waals surface area contributed by atoms with Crippen molar-refractivity contribution in [1.29, 1.82) is 0 Å². The second-order valence-electron chi connectivity index (χ2n) is 4.36. The molecule has 0 saturated heterocycles. The fourth-order valence-corrected chi connectivity index (χ4v) is 1.84. The Morgan fingerprint density at radius 2 is 2.14 bits per heavy atom. The van der Waals surface area contributed by atoms with Gasteiger partial charge in [0.15, 0.2) is 0 Å². The number of benzene rings is 1. The van der Waals surface area contributed by atoms with Crippen LogP contribution in [0.25, 0.3) is 0 Å². The van der Waals surface area contributed by atoms with E-state index in [1.807, 2.05) is 0 Å². The number of amides is 1. The molecular weight excluding hydrogens is 274 g/mol. The number of aromatic amines is 1. The van der Waals surface area contributed by atoms with E-state index in [9.17, 15) is 4.79 Å². The normalized spacial score (nSPS) is 11.8. The van der Waals surface area contributed by atoms with Crippen LogP contribution in [0.4, 0.5) is 5.69 Å². The monoisotopic (exact) mass is 291 g/mol. The van der Waals surface area contributed by atoms with Gasteiger partial charge in [-0.05, 0) is 13.0 Å². The summed E-state index contributed by atoms with van der Waals surface area (Å²) < 4.78 is 10.3. The predicted octanol–water partition coefficient (Wildman–Crippen LogP) is 0.895. The van der Waals surface area contributed by atoms with E-state index in [0.717, 1.165) is 0 Å². The van der Waals surface area contributed by atoms with E-state index in [4.69, 9.17) is 15.2 Å². The van der Waals surface area contributed by atoms with Gasteiger partial charge in [0.1, 0.15) is 23.7 Å². The molecule has 2 rings (SSSR count). The number of anilines is 1. The summed E-state index contributed by atoms with van der Waals surface area (Å²) >= 11 is 0. The molecule has 1 unspecified atom stereocenters. The first-order valence-electron chi connectivity index (χ1n) is 6.24. The van der Waals surface area contributed by atoms with Crippen LogP contribution >= 0.6 is 0 Å². The molecule has 21 heavy (non-hydrogen) atoms. The summed E-state index contributed by atoms with van der Waals surface area (Å²) in [5, 5.41) is 9.22. The Bertz CT molecular complexity index is 627. The average Bonchev–Trinajstić information content (AvgIpc) is 3.01. The van der Waals surface area contributed by atoms with E-state index in [1.165, 1.54) is 20.5 Å². The summed E-state index contributed by atoms with van der Waals surface area (Å²) in [6.07, 6.45) is 1.38. The van der Waals surface area contributed by atoms with Crippen LogP contribution in [-0.2, 0) is 0 Å². The first kappa shape index (κ1) is 14.6. The topological polar surface area (TPSA) is 115 Å². The molecule has 8 heteroatoms. The van der Waals surface area contributed by atoms with Crippen molar-refractivity contribution in [2.75, 3.05) is 20.0 Å². The van der Waals surface area contributed by atoms with Gasteiger partial charge in [-0.3, -0.25) is 9.89 Å². The Morgan fingerprint density at radius 1 is 1.38 bits per heavy atom. The van der Waals surface area contributed by atoms with Gasteiger partial charge in [0.2, 0.25) is 0 Å². The quantitative estimate of drug-likeness (QED) is 0.705. The van der Waals surface area contributed by atoms with Crippen molar-refractivity contribution in [2.45, 2.75) is 13.0 Å². The van der Waals surface area contributed by atoms with Crippen molar-refractivity contribution in [2.24, 2.45) is 0 Å². The van der Waals surface area contributed by atoms with Gasteiger partial charge in [0, 0.05) is 6.07 Å². The van der Waals surface area contributed by atoms with E-state index in [1.54, 1.807) is 19.1 Å². The molecule has 4 N–H and O–H groups in total. The zero-order chi connectivity index (χ0) is 15.4. The highest BCUT2D eigenvalue weighted by Crippen LogP contribution is 2.31. The number of hydrogen-bond acceptors (Lipinski definition) is 6. The van der Waals surface area contributed by atoms with E-state index < -0.39 is 0 Å². The minimum atomic E-state index is -0.353. The molecule has 1 amide bonds. The van der Waals surface area contributed by atoms with Crippen molar-refractivity contribution in [3.05, 3.63) is 29.8 Å². The SMILES string of the molecule is COc1cc(OC)c(N)c(C(=O)NC(C)c2ncn[nH]2)c1. The van der Waals surface area contributed by atoms with Crippen LogP contribution in [0.3, 0.4) is 0 Å². The third-order valence-electron chi connectivity index (χ3n) is 3.01. The lowest BCUT2D eigenvalue weighted by molar-refractivity contribution is 0.0938. The summed E-state index contributed by atoms with van der Waals surface area (Å²) in [6.45, 7) is 1.78. The molecule has 2 aromatic rings. The zero-order valence-corrected chi connectivity index (χ0v) is 12.0. The molecule has 8 nitrogen and oxygen atoms in total. The third kappa shape index (κ3) is 3.04. The molecule has 112 valence electrons. The second kappa shape index (κ2) is 6.12. The second-order valence-corrected chi connectivity index (χ2v) is 4.36. The molecular formula is C13H17N5O3. The number of carbonyl (C=O) groups is 1. The smallest absolute Gasteiger partial charge is 0.254 e. The number of nitrogens with one attached hydrogen (secondary N) is 2. The lowest BCUT2D eigenvalue weighted by atomic mass is 10.1. The molecule has 1 heterocycles. The Labute approximate surface area is 121 Å². The maximum atomic E-state index is 12.3. The first-order chi connectivity index (χ1) is 10.1. The van der Waals surface area contributed by atoms with Gasteiger partial charge in [-0.25, -0.2) is 4.98 Å². The van der Waals surface area contributed by atoms with Gasteiger partial charge in [-0.15, -0.1) is 0 Å². The molecule has 1 aromatic heterocycles. The molecule has 0 bridgehead atoms. The molecule has 0 fully saturated rings. The fourth-order valence-electron chi connectivity index (χ4n) is 1.84. The van der Waals surface area contributed by atoms with Gasteiger partial charge in [-0.1, -0.05) is 0 Å². The fraction of sp³-hybridized carbons (Fsp3) is 0.308. The maximum absolute atomic E-state index is 12.3. The van der Waals surface area contributed by atoms with Crippen LogP contribution in [0.5, 0.6) is 11.5 Å². The standard InChI is InChI=1S/C13H17N5O3/c1-7(12-15-6-16-18-12)17-13(19)9-4-8(20-2)5-10(21-3)11(9)14/h4-7H,14H2,1-3H3,(H,17,19)(H,15,16,18). The van der Waals surface area contributed by atoms with E-state index in [-0.39, 0.29) is 23.2 Å². The molecule has 0 radical (unpaired) electrons. The number of H-pyrrole nitrogens is 1. The average molecular weight is 291 g/mol. The van der Waals surface area contributed by atoms with Crippen molar-refractivity contribution in [3.8, 4) is 11.5 Å². The molecule has 0 aliphatic rings. The van der Waals surface area contributed by atoms with Gasteiger partial charge < -0.3 is 20.5 Å². The largest absolute Gasteiger partial charge is 0.497 e. The van der Waals surface area contributed by atoms with Crippen molar-refractivity contribution >= 4 is 11.6 Å². The number of rotatable bonds is 5. The number of ether oxygens (including phenoxy) is 2. The number of aromatic nitrogens is 3. The predicted molar refractivity (Wildman–Crippen MR) is 76.2 cm³/mol. The van der Waals surface area contributed by atoms with Gasteiger partial charge >= 0.3 is 0 Å². The van der Waals surface area contributed by atoms with E-state index >= 15 is 0 Å². The van der Waals surface area contributed by atoms with E-state index in [0.29, 0.717) is 17.3 Å². The molecule has 0 aliphatic heterocycles. The van der Waals surface area contributed by atoms with Gasteiger partial charge in [0.25, 0.3) is 5.91 Å². The molecule has 1 aromatic carbocycles.